The number of hydrogen-bond donors (Lipinski definition) is 0. The summed E-state index contributed by atoms with van der Waals surface area (Å²) in [5, 5.41) is 0. The second-order valence-electron chi connectivity index (χ2n) is 3.72. The first-order chi connectivity index (χ1) is 7.33. The van der Waals surface area contributed by atoms with Crippen LogP contribution in [-0.2, 0) is 0 Å². The minimum Gasteiger partial charge on any atom is -0.438 e. The van der Waals surface area contributed by atoms with E-state index in [0.29, 0.717) is 5.76 Å². The summed E-state index contributed by atoms with van der Waals surface area (Å²) >= 11 is 0. The summed E-state index contributed by atoms with van der Waals surface area (Å²) in [6.45, 7) is 7.35. The van der Waals surface area contributed by atoms with E-state index in [-0.39, 0.29) is 0 Å². The van der Waals surface area contributed by atoms with Crippen molar-refractivity contribution in [3.05, 3.63) is 17.9 Å². The van der Waals surface area contributed by atoms with Gasteiger partial charge in [0.15, 0.2) is 17.9 Å². The Kier molecular flexibility index (Phi) is 3.06. The van der Waals surface area contributed by atoms with Crippen LogP contribution in [0.15, 0.2) is 16.5 Å². The predicted molar refractivity (Wildman–Crippen MR) is 58.4 cm³/mol. The van der Waals surface area contributed by atoms with Gasteiger partial charge in [0.1, 0.15) is 0 Å². The lowest BCUT2D eigenvalue weighted by Crippen LogP contribution is -2.46. The third-order valence-electron chi connectivity index (χ3n) is 2.86. The maximum absolute atomic E-state index is 10.5. The van der Waals surface area contributed by atoms with Crippen LogP contribution < -0.4 is 4.90 Å². The number of carbonyl (C=O) groups excluding carboxylic acids is 1. The van der Waals surface area contributed by atoms with Crippen molar-refractivity contribution >= 4 is 12.2 Å². The van der Waals surface area contributed by atoms with E-state index in [1.807, 2.05) is 6.07 Å². The number of likely N-dealkylation sites (N-methyl/N-ethyl adjacent to an activating group) is 1. The third kappa shape index (κ3) is 2.21. The van der Waals surface area contributed by atoms with Gasteiger partial charge in [-0.2, -0.15) is 0 Å². The Balaban J connectivity index is 1.97. The quantitative estimate of drug-likeness (QED) is 0.700. The lowest BCUT2D eigenvalue weighted by molar-refractivity contribution is 0.110. The molecule has 15 heavy (non-hydrogen) atoms. The third-order valence-corrected chi connectivity index (χ3v) is 2.86. The zero-order chi connectivity index (χ0) is 10.7. The highest BCUT2D eigenvalue weighted by Crippen LogP contribution is 2.18. The van der Waals surface area contributed by atoms with E-state index >= 15 is 0 Å². The molecule has 0 aliphatic carbocycles. The molecule has 0 bridgehead atoms. The van der Waals surface area contributed by atoms with Crippen LogP contribution in [0, 0.1) is 0 Å². The van der Waals surface area contributed by atoms with E-state index < -0.39 is 0 Å². The lowest BCUT2D eigenvalue weighted by Gasteiger charge is -2.33. The Hall–Kier alpha value is -1.29. The molecule has 0 N–H and O–H groups in total. The van der Waals surface area contributed by atoms with Crippen LogP contribution in [-0.4, -0.2) is 43.9 Å². The number of rotatable bonds is 3. The summed E-state index contributed by atoms with van der Waals surface area (Å²) in [6.07, 6.45) is 0.742. The molecule has 0 amide bonds. The molecule has 1 fully saturated rings. The van der Waals surface area contributed by atoms with Crippen molar-refractivity contribution < 1.29 is 9.21 Å². The van der Waals surface area contributed by atoms with E-state index in [1.54, 1.807) is 6.07 Å². The highest BCUT2D eigenvalue weighted by atomic mass is 16.4. The van der Waals surface area contributed by atoms with Crippen molar-refractivity contribution in [3.8, 4) is 0 Å². The second-order valence-corrected chi connectivity index (χ2v) is 3.72. The molecule has 0 unspecified atom stereocenters. The molecule has 0 radical (unpaired) electrons. The summed E-state index contributed by atoms with van der Waals surface area (Å²) < 4.78 is 5.38. The van der Waals surface area contributed by atoms with E-state index in [0.717, 1.165) is 44.9 Å². The van der Waals surface area contributed by atoms with Gasteiger partial charge in [0.2, 0.25) is 0 Å². The number of aldehydes is 1. The van der Waals surface area contributed by atoms with E-state index in [2.05, 4.69) is 16.7 Å². The van der Waals surface area contributed by atoms with Gasteiger partial charge >= 0.3 is 0 Å². The highest BCUT2D eigenvalue weighted by molar-refractivity contribution is 5.71. The molecule has 4 nitrogen and oxygen atoms in total. The number of piperazine rings is 1. The summed E-state index contributed by atoms with van der Waals surface area (Å²) in [5.74, 6) is 1.22. The van der Waals surface area contributed by atoms with E-state index in [4.69, 9.17) is 4.42 Å². The number of nitrogens with zero attached hydrogens (tertiary/aromatic N) is 2. The molecule has 1 aliphatic heterocycles. The van der Waals surface area contributed by atoms with Crippen LogP contribution in [0.25, 0.3) is 0 Å². The molecule has 0 spiro atoms. The maximum atomic E-state index is 10.5. The van der Waals surface area contributed by atoms with Gasteiger partial charge < -0.3 is 14.2 Å². The summed E-state index contributed by atoms with van der Waals surface area (Å²) in [5.41, 5.74) is 0. The molecule has 1 aliphatic rings. The average Bonchev–Trinajstić information content (AvgIpc) is 2.78. The van der Waals surface area contributed by atoms with Crippen LogP contribution in [0.5, 0.6) is 0 Å². The van der Waals surface area contributed by atoms with Gasteiger partial charge in [-0.05, 0) is 12.6 Å². The smallest absolute Gasteiger partial charge is 0.196 e. The Bertz CT molecular complexity index is 327. The van der Waals surface area contributed by atoms with E-state index in [1.165, 1.54) is 0 Å². The van der Waals surface area contributed by atoms with Gasteiger partial charge in [0.05, 0.1) is 0 Å². The number of carbonyl (C=O) groups is 1. The highest BCUT2D eigenvalue weighted by Gasteiger charge is 2.17. The van der Waals surface area contributed by atoms with E-state index in [9.17, 15) is 4.79 Å². The Morgan fingerprint density at radius 2 is 2.07 bits per heavy atom. The molecule has 82 valence electrons. The molecule has 1 aromatic heterocycles. The van der Waals surface area contributed by atoms with Gasteiger partial charge in [-0.25, -0.2) is 0 Å². The molecule has 2 heterocycles. The van der Waals surface area contributed by atoms with Crippen LogP contribution >= 0.6 is 0 Å². The van der Waals surface area contributed by atoms with Crippen LogP contribution in [0.2, 0.25) is 0 Å². The van der Waals surface area contributed by atoms with Gasteiger partial charge in [-0.15, -0.1) is 0 Å². The van der Waals surface area contributed by atoms with Crippen molar-refractivity contribution in [2.75, 3.05) is 37.6 Å². The normalized spacial score (nSPS) is 18.1. The lowest BCUT2D eigenvalue weighted by atomic mass is 10.3. The maximum Gasteiger partial charge on any atom is 0.196 e. The molecule has 1 saturated heterocycles. The first kappa shape index (κ1) is 10.2. The van der Waals surface area contributed by atoms with Gasteiger partial charge in [-0.3, -0.25) is 4.79 Å². The molecule has 4 heteroatoms. The predicted octanol–water partition coefficient (Wildman–Crippen LogP) is 1.23. The van der Waals surface area contributed by atoms with Crippen molar-refractivity contribution in [2.24, 2.45) is 0 Å². The van der Waals surface area contributed by atoms with Crippen LogP contribution in [0.3, 0.4) is 0 Å². The molecular formula is C11H16N2O2. The SMILES string of the molecule is CCN1CCN(c2ccc(C=O)o2)CC1. The van der Waals surface area contributed by atoms with Crippen molar-refractivity contribution in [3.63, 3.8) is 0 Å². The van der Waals surface area contributed by atoms with Gasteiger partial charge in [-0.1, -0.05) is 6.92 Å². The zero-order valence-electron chi connectivity index (χ0n) is 8.98. The number of hydrogen-bond acceptors (Lipinski definition) is 4. The fourth-order valence-corrected chi connectivity index (χ4v) is 1.86. The summed E-state index contributed by atoms with van der Waals surface area (Å²) in [7, 11) is 0. The zero-order valence-corrected chi connectivity index (χ0v) is 8.98. The second kappa shape index (κ2) is 4.49. The molecule has 0 atom stereocenters. The minimum atomic E-state index is 0.405. The number of anilines is 1. The van der Waals surface area contributed by atoms with Crippen molar-refractivity contribution in [1.29, 1.82) is 0 Å². The fourth-order valence-electron chi connectivity index (χ4n) is 1.86. The van der Waals surface area contributed by atoms with Crippen LogP contribution in [0.1, 0.15) is 17.5 Å². The minimum absolute atomic E-state index is 0.405. The number of furan rings is 1. The molecule has 1 aromatic rings. The van der Waals surface area contributed by atoms with Crippen molar-refractivity contribution in [2.45, 2.75) is 6.92 Å². The summed E-state index contributed by atoms with van der Waals surface area (Å²) in [4.78, 5) is 15.1. The molecule has 2 rings (SSSR count). The van der Waals surface area contributed by atoms with Crippen molar-refractivity contribution in [1.82, 2.24) is 4.90 Å². The molecule has 0 saturated carbocycles. The first-order valence-corrected chi connectivity index (χ1v) is 5.36. The van der Waals surface area contributed by atoms with Gasteiger partial charge in [0, 0.05) is 32.2 Å². The largest absolute Gasteiger partial charge is 0.438 e. The Morgan fingerprint density at radius 3 is 2.60 bits per heavy atom. The first-order valence-electron chi connectivity index (χ1n) is 5.36. The Labute approximate surface area is 89.5 Å². The Morgan fingerprint density at radius 1 is 1.33 bits per heavy atom. The van der Waals surface area contributed by atoms with Crippen LogP contribution in [0.4, 0.5) is 5.88 Å². The molecule has 0 aromatic carbocycles. The molecular weight excluding hydrogens is 192 g/mol. The van der Waals surface area contributed by atoms with Gasteiger partial charge in [0.25, 0.3) is 0 Å². The monoisotopic (exact) mass is 208 g/mol. The fraction of sp³-hybridized carbons (Fsp3) is 0.545. The average molecular weight is 208 g/mol. The topological polar surface area (TPSA) is 36.7 Å². The summed E-state index contributed by atoms with van der Waals surface area (Å²) in [6, 6.07) is 3.58. The standard InChI is InChI=1S/C11H16N2O2/c1-2-12-5-7-13(8-6-12)11-4-3-10(9-14)15-11/h3-4,9H,2,5-8H2,1H3.